The van der Waals surface area contributed by atoms with Crippen molar-refractivity contribution in [2.24, 2.45) is 0 Å². The second-order valence-electron chi connectivity index (χ2n) is 5.23. The third-order valence-electron chi connectivity index (χ3n) is 4.11. The summed E-state index contributed by atoms with van der Waals surface area (Å²) in [5, 5.41) is 5.17. The van der Waals surface area contributed by atoms with Crippen molar-refractivity contribution in [2.75, 3.05) is 14.2 Å². The molecule has 0 aromatic carbocycles. The Hall–Kier alpha value is -1.79. The van der Waals surface area contributed by atoms with Crippen LogP contribution in [-0.2, 0) is 14.3 Å². The molecule has 7 heteroatoms. The van der Waals surface area contributed by atoms with Crippen LogP contribution in [0, 0.1) is 0 Å². The topological polar surface area (TPSA) is 87.7 Å². The predicted molar refractivity (Wildman–Crippen MR) is 70.9 cm³/mol. The van der Waals surface area contributed by atoms with Gasteiger partial charge in [0.2, 0.25) is 11.8 Å². The maximum atomic E-state index is 12.6. The number of hydrogen-bond acceptors (Lipinski definition) is 4. The first kappa shape index (κ1) is 14.6. The maximum Gasteiger partial charge on any atom is 0.407 e. The fourth-order valence-corrected chi connectivity index (χ4v) is 3.12. The van der Waals surface area contributed by atoms with Crippen molar-refractivity contribution in [3.05, 3.63) is 0 Å². The van der Waals surface area contributed by atoms with Crippen molar-refractivity contribution in [2.45, 2.75) is 50.2 Å². The van der Waals surface area contributed by atoms with Crippen LogP contribution in [0.5, 0.6) is 0 Å². The predicted octanol–water partition coefficient (Wildman–Crippen LogP) is 0.000500. The minimum absolute atomic E-state index is 0.106. The maximum absolute atomic E-state index is 12.6. The Labute approximate surface area is 118 Å². The fourth-order valence-electron chi connectivity index (χ4n) is 3.12. The van der Waals surface area contributed by atoms with E-state index in [1.807, 2.05) is 0 Å². The van der Waals surface area contributed by atoms with Gasteiger partial charge in [0.15, 0.2) is 0 Å². The van der Waals surface area contributed by atoms with Crippen LogP contribution in [0.2, 0.25) is 0 Å². The van der Waals surface area contributed by atoms with Crippen LogP contribution in [0.3, 0.4) is 0 Å². The van der Waals surface area contributed by atoms with Crippen molar-refractivity contribution in [1.29, 1.82) is 0 Å². The number of amides is 3. The molecule has 0 radical (unpaired) electrons. The van der Waals surface area contributed by atoms with Crippen LogP contribution in [-0.4, -0.2) is 55.1 Å². The van der Waals surface area contributed by atoms with Gasteiger partial charge in [0.1, 0.15) is 12.1 Å². The second-order valence-corrected chi connectivity index (χ2v) is 5.23. The normalized spacial score (nSPS) is 29.4. The summed E-state index contributed by atoms with van der Waals surface area (Å²) in [4.78, 5) is 37.5. The largest absolute Gasteiger partial charge is 0.453 e. The fraction of sp³-hybridized carbons (Fsp3) is 0.769. The van der Waals surface area contributed by atoms with Crippen LogP contribution in [0.15, 0.2) is 0 Å². The average molecular weight is 283 g/mol. The number of fused-ring (bicyclic) bond motifs is 1. The number of nitrogens with one attached hydrogen (secondary N) is 2. The molecule has 0 saturated carbocycles. The van der Waals surface area contributed by atoms with E-state index in [1.54, 1.807) is 11.9 Å². The van der Waals surface area contributed by atoms with Crippen molar-refractivity contribution in [1.82, 2.24) is 15.5 Å². The van der Waals surface area contributed by atoms with Crippen molar-refractivity contribution < 1.29 is 19.1 Å². The van der Waals surface area contributed by atoms with Gasteiger partial charge in [0.25, 0.3) is 0 Å². The molecule has 2 aliphatic rings. The van der Waals surface area contributed by atoms with E-state index in [-0.39, 0.29) is 17.9 Å². The van der Waals surface area contributed by atoms with E-state index in [0.717, 1.165) is 19.3 Å². The second kappa shape index (κ2) is 6.11. The molecule has 0 spiro atoms. The highest BCUT2D eigenvalue weighted by Crippen LogP contribution is 2.31. The number of ether oxygens (including phenoxy) is 1. The Kier molecular flexibility index (Phi) is 4.46. The lowest BCUT2D eigenvalue weighted by Crippen LogP contribution is -2.54. The summed E-state index contributed by atoms with van der Waals surface area (Å²) in [6.45, 7) is 0. The molecule has 0 aromatic heterocycles. The highest BCUT2D eigenvalue weighted by Gasteiger charge is 2.44. The first-order valence-electron chi connectivity index (χ1n) is 6.96. The molecule has 2 N–H and O–H groups in total. The van der Waals surface area contributed by atoms with Crippen LogP contribution in [0.4, 0.5) is 4.79 Å². The molecule has 2 rings (SSSR count). The van der Waals surface area contributed by atoms with Gasteiger partial charge in [-0.2, -0.15) is 0 Å². The molecular formula is C13H21N3O4. The van der Waals surface area contributed by atoms with Gasteiger partial charge in [-0.25, -0.2) is 4.79 Å². The molecule has 7 nitrogen and oxygen atoms in total. The molecule has 0 bridgehead atoms. The zero-order chi connectivity index (χ0) is 14.7. The van der Waals surface area contributed by atoms with Gasteiger partial charge in [0.05, 0.1) is 7.11 Å². The average Bonchev–Trinajstić information content (AvgIpc) is 2.81. The van der Waals surface area contributed by atoms with Crippen molar-refractivity contribution in [3.8, 4) is 0 Å². The number of nitrogens with zero attached hydrogens (tertiary/aromatic N) is 1. The smallest absolute Gasteiger partial charge is 0.407 e. The first-order valence-corrected chi connectivity index (χ1v) is 6.96. The standard InChI is InChI=1S/C13H21N3O4/c1-14-11(17)10-7-6-8-4-3-5-9(12(18)16(8)10)15-13(19)20-2/h8-10H,3-7H2,1-2H3,(H,14,17)(H,15,19). The summed E-state index contributed by atoms with van der Waals surface area (Å²) in [6, 6.07) is -0.913. The number of alkyl carbamates (subject to hydrolysis) is 1. The highest BCUT2D eigenvalue weighted by atomic mass is 16.5. The van der Waals surface area contributed by atoms with Crippen LogP contribution >= 0.6 is 0 Å². The summed E-state index contributed by atoms with van der Waals surface area (Å²) in [5.74, 6) is -0.316. The van der Waals surface area contributed by atoms with Gasteiger partial charge in [-0.1, -0.05) is 0 Å². The summed E-state index contributed by atoms with van der Waals surface area (Å²) in [6.07, 6.45) is 3.22. The van der Waals surface area contributed by atoms with E-state index in [1.165, 1.54) is 7.11 Å². The summed E-state index contributed by atoms with van der Waals surface area (Å²) in [7, 11) is 2.84. The van der Waals surface area contributed by atoms with Crippen LogP contribution in [0.25, 0.3) is 0 Å². The number of rotatable bonds is 2. The molecule has 3 unspecified atom stereocenters. The molecule has 2 saturated heterocycles. The van der Waals surface area contributed by atoms with E-state index >= 15 is 0 Å². The molecule has 0 aliphatic carbocycles. The Morgan fingerprint density at radius 2 is 2.00 bits per heavy atom. The molecule has 2 aliphatic heterocycles. The van der Waals surface area contributed by atoms with E-state index in [9.17, 15) is 14.4 Å². The molecule has 112 valence electrons. The number of hydrogen-bond donors (Lipinski definition) is 2. The van der Waals surface area contributed by atoms with E-state index in [2.05, 4.69) is 15.4 Å². The molecule has 20 heavy (non-hydrogen) atoms. The van der Waals surface area contributed by atoms with Gasteiger partial charge in [-0.05, 0) is 32.1 Å². The van der Waals surface area contributed by atoms with Gasteiger partial charge in [-0.3, -0.25) is 9.59 Å². The van der Waals surface area contributed by atoms with E-state index in [4.69, 9.17) is 0 Å². The van der Waals surface area contributed by atoms with E-state index in [0.29, 0.717) is 12.8 Å². The zero-order valence-corrected chi connectivity index (χ0v) is 11.8. The Bertz CT molecular complexity index is 412. The summed E-state index contributed by atoms with van der Waals surface area (Å²) in [5.41, 5.74) is 0. The Morgan fingerprint density at radius 1 is 1.25 bits per heavy atom. The number of carbonyl (C=O) groups is 3. The molecule has 3 amide bonds. The van der Waals surface area contributed by atoms with Gasteiger partial charge < -0.3 is 20.3 Å². The Morgan fingerprint density at radius 3 is 2.65 bits per heavy atom. The van der Waals surface area contributed by atoms with Gasteiger partial charge in [-0.15, -0.1) is 0 Å². The third-order valence-corrected chi connectivity index (χ3v) is 4.11. The minimum atomic E-state index is -0.613. The number of carbonyl (C=O) groups excluding carboxylic acids is 3. The van der Waals surface area contributed by atoms with E-state index < -0.39 is 18.2 Å². The quantitative estimate of drug-likeness (QED) is 0.747. The highest BCUT2D eigenvalue weighted by molar-refractivity contribution is 5.92. The van der Waals surface area contributed by atoms with Crippen molar-refractivity contribution in [3.63, 3.8) is 0 Å². The lowest BCUT2D eigenvalue weighted by Gasteiger charge is -2.30. The molecule has 0 aromatic rings. The van der Waals surface area contributed by atoms with Crippen molar-refractivity contribution >= 4 is 17.9 Å². The molecule has 3 atom stereocenters. The van der Waals surface area contributed by atoms with Gasteiger partial charge in [0, 0.05) is 13.1 Å². The van der Waals surface area contributed by atoms with Crippen LogP contribution in [0.1, 0.15) is 32.1 Å². The Balaban J connectivity index is 2.15. The minimum Gasteiger partial charge on any atom is -0.453 e. The van der Waals surface area contributed by atoms with Gasteiger partial charge >= 0.3 is 6.09 Å². The number of likely N-dealkylation sites (N-methyl/N-ethyl adjacent to an activating group) is 1. The monoisotopic (exact) mass is 283 g/mol. The third kappa shape index (κ3) is 2.71. The molecular weight excluding hydrogens is 262 g/mol. The van der Waals surface area contributed by atoms with Crippen LogP contribution < -0.4 is 10.6 Å². The molecule has 2 heterocycles. The summed E-state index contributed by atoms with van der Waals surface area (Å²) >= 11 is 0. The molecule has 2 fully saturated rings. The lowest BCUT2D eigenvalue weighted by atomic mass is 10.1. The summed E-state index contributed by atoms with van der Waals surface area (Å²) < 4.78 is 4.55. The lowest BCUT2D eigenvalue weighted by molar-refractivity contribution is -0.141. The SMILES string of the molecule is CNC(=O)C1CCC2CCCC(NC(=O)OC)C(=O)N21. The first-order chi connectivity index (χ1) is 9.58. The number of methoxy groups -OCH3 is 1. The zero-order valence-electron chi connectivity index (χ0n) is 11.8.